The monoisotopic (exact) mass is 280 g/mol. The Morgan fingerprint density at radius 2 is 2.05 bits per heavy atom. The van der Waals surface area contributed by atoms with E-state index in [1.54, 1.807) is 30.3 Å². The fourth-order valence-corrected chi connectivity index (χ4v) is 2.38. The van der Waals surface area contributed by atoms with Gasteiger partial charge in [-0.3, -0.25) is 0 Å². The lowest BCUT2D eigenvalue weighted by molar-refractivity contribution is -0.129. The second-order valence-corrected chi connectivity index (χ2v) is 5.02. The molecule has 0 radical (unpaired) electrons. The molecule has 4 nitrogen and oxygen atoms in total. The normalized spacial score (nSPS) is 15.8. The molecule has 0 unspecified atom stereocenters. The lowest BCUT2D eigenvalue weighted by atomic mass is 10.1. The second kappa shape index (κ2) is 5.11. The van der Waals surface area contributed by atoms with E-state index >= 15 is 0 Å². The lowest BCUT2D eigenvalue weighted by Gasteiger charge is -1.98. The summed E-state index contributed by atoms with van der Waals surface area (Å²) in [7, 11) is 0. The number of rotatable bonds is 2. The number of thiophene rings is 1. The zero-order chi connectivity index (χ0) is 13.9. The fraction of sp³-hybridized carbons (Fsp3) is 0. The zero-order valence-corrected chi connectivity index (χ0v) is 11.1. The number of carbonyl (C=O) groups is 1. The van der Waals surface area contributed by atoms with Crippen molar-refractivity contribution in [2.45, 2.75) is 0 Å². The van der Waals surface area contributed by atoms with Gasteiger partial charge in [0.1, 0.15) is 0 Å². The van der Waals surface area contributed by atoms with Crippen LogP contribution in [0.3, 0.4) is 0 Å². The number of nitriles is 1. The second-order valence-electron chi connectivity index (χ2n) is 4.04. The molecule has 0 aliphatic carbocycles. The molecule has 3 rings (SSSR count). The molecular weight excluding hydrogens is 272 g/mol. The van der Waals surface area contributed by atoms with Crippen molar-refractivity contribution in [2.75, 3.05) is 0 Å². The molecule has 96 valence electrons. The van der Waals surface area contributed by atoms with Gasteiger partial charge in [0, 0.05) is 10.4 Å². The van der Waals surface area contributed by atoms with Crippen LogP contribution in [0.2, 0.25) is 0 Å². The molecule has 0 atom stereocenters. The van der Waals surface area contributed by atoms with Crippen molar-refractivity contribution < 1.29 is 9.53 Å². The number of nitrogens with zero attached hydrogens (tertiary/aromatic N) is 2. The van der Waals surface area contributed by atoms with Gasteiger partial charge in [-0.25, -0.2) is 9.79 Å². The standard InChI is InChI=1S/C15H8N2O2S/c16-9-10-3-5-11(6-4-10)14-17-13(15(18)19-14)8-12-2-1-7-20-12/h1-8H/b13-8+. The summed E-state index contributed by atoms with van der Waals surface area (Å²) < 4.78 is 5.15. The first-order valence-electron chi connectivity index (χ1n) is 5.83. The van der Waals surface area contributed by atoms with E-state index in [9.17, 15) is 4.79 Å². The average molecular weight is 280 g/mol. The maximum absolute atomic E-state index is 11.8. The maximum atomic E-state index is 11.8. The minimum absolute atomic E-state index is 0.266. The van der Waals surface area contributed by atoms with Crippen LogP contribution in [-0.4, -0.2) is 11.9 Å². The summed E-state index contributed by atoms with van der Waals surface area (Å²) >= 11 is 1.52. The third kappa shape index (κ3) is 2.37. The molecule has 2 heterocycles. The summed E-state index contributed by atoms with van der Waals surface area (Å²) in [4.78, 5) is 16.9. The highest BCUT2D eigenvalue weighted by Crippen LogP contribution is 2.21. The van der Waals surface area contributed by atoms with E-state index in [0.717, 1.165) is 4.88 Å². The van der Waals surface area contributed by atoms with Gasteiger partial charge in [0.25, 0.3) is 0 Å². The molecule has 0 amide bonds. The van der Waals surface area contributed by atoms with Gasteiger partial charge in [-0.15, -0.1) is 11.3 Å². The molecular formula is C15H8N2O2S. The molecule has 5 heteroatoms. The molecule has 0 fully saturated rings. The summed E-state index contributed by atoms with van der Waals surface area (Å²) in [6, 6.07) is 12.6. The smallest absolute Gasteiger partial charge is 0.363 e. The third-order valence-electron chi connectivity index (χ3n) is 2.70. The Morgan fingerprint density at radius 3 is 2.70 bits per heavy atom. The minimum atomic E-state index is -0.460. The quantitative estimate of drug-likeness (QED) is 0.627. The van der Waals surface area contributed by atoms with Gasteiger partial charge in [0.15, 0.2) is 5.70 Å². The molecule has 0 saturated heterocycles. The predicted octanol–water partition coefficient (Wildman–Crippen LogP) is 2.96. The highest BCUT2D eigenvalue weighted by molar-refractivity contribution is 7.10. The van der Waals surface area contributed by atoms with E-state index in [1.165, 1.54) is 11.3 Å². The van der Waals surface area contributed by atoms with E-state index in [-0.39, 0.29) is 11.6 Å². The predicted molar refractivity (Wildman–Crippen MR) is 76.1 cm³/mol. The van der Waals surface area contributed by atoms with Gasteiger partial charge < -0.3 is 4.74 Å². The summed E-state index contributed by atoms with van der Waals surface area (Å²) in [6.07, 6.45) is 1.70. The molecule has 0 bridgehead atoms. The van der Waals surface area contributed by atoms with Crippen molar-refractivity contribution in [3.8, 4) is 6.07 Å². The molecule has 1 aliphatic heterocycles. The number of ether oxygens (including phenoxy) is 1. The Morgan fingerprint density at radius 1 is 1.25 bits per heavy atom. The highest BCUT2D eigenvalue weighted by atomic mass is 32.1. The highest BCUT2D eigenvalue weighted by Gasteiger charge is 2.24. The first kappa shape index (κ1) is 12.3. The molecule has 1 aromatic heterocycles. The maximum Gasteiger partial charge on any atom is 0.363 e. The summed E-state index contributed by atoms with van der Waals surface area (Å²) in [6.45, 7) is 0. The Kier molecular flexibility index (Phi) is 3.15. The lowest BCUT2D eigenvalue weighted by Crippen LogP contribution is -2.05. The zero-order valence-electron chi connectivity index (χ0n) is 10.2. The number of benzene rings is 1. The van der Waals surface area contributed by atoms with Crippen LogP contribution in [0.5, 0.6) is 0 Å². The molecule has 2 aromatic rings. The van der Waals surface area contributed by atoms with Gasteiger partial charge in [-0.05, 0) is 41.8 Å². The Balaban J connectivity index is 1.92. The number of carbonyl (C=O) groups excluding carboxylic acids is 1. The summed E-state index contributed by atoms with van der Waals surface area (Å²) in [5.41, 5.74) is 1.51. The first-order valence-corrected chi connectivity index (χ1v) is 6.71. The molecule has 0 saturated carbocycles. The van der Waals surface area contributed by atoms with Gasteiger partial charge in [0.05, 0.1) is 11.6 Å². The number of hydrogen-bond donors (Lipinski definition) is 0. The summed E-state index contributed by atoms with van der Waals surface area (Å²) in [5, 5.41) is 10.7. The summed E-state index contributed by atoms with van der Waals surface area (Å²) in [5.74, 6) is -0.194. The van der Waals surface area contributed by atoms with Gasteiger partial charge in [-0.2, -0.15) is 5.26 Å². The first-order chi connectivity index (χ1) is 9.76. The van der Waals surface area contributed by atoms with Crippen LogP contribution in [0.1, 0.15) is 16.0 Å². The molecule has 20 heavy (non-hydrogen) atoms. The van der Waals surface area contributed by atoms with Crippen LogP contribution >= 0.6 is 11.3 Å². The number of hydrogen-bond acceptors (Lipinski definition) is 5. The van der Waals surface area contributed by atoms with Gasteiger partial charge >= 0.3 is 5.97 Å². The van der Waals surface area contributed by atoms with E-state index in [1.807, 2.05) is 23.6 Å². The van der Waals surface area contributed by atoms with Crippen molar-refractivity contribution >= 4 is 29.3 Å². The van der Waals surface area contributed by atoms with Gasteiger partial charge in [0.2, 0.25) is 5.90 Å². The van der Waals surface area contributed by atoms with Crippen LogP contribution in [-0.2, 0) is 9.53 Å². The van der Waals surface area contributed by atoms with Crippen LogP contribution in [0.15, 0.2) is 52.5 Å². The molecule has 0 spiro atoms. The van der Waals surface area contributed by atoms with Crippen molar-refractivity contribution in [2.24, 2.45) is 4.99 Å². The number of esters is 1. The van der Waals surface area contributed by atoms with Crippen molar-refractivity contribution in [1.82, 2.24) is 0 Å². The van der Waals surface area contributed by atoms with E-state index in [2.05, 4.69) is 4.99 Å². The van der Waals surface area contributed by atoms with Crippen molar-refractivity contribution in [3.63, 3.8) is 0 Å². The SMILES string of the molecule is N#Cc1ccc(C2=N/C(=C/c3cccs3)C(=O)O2)cc1. The molecule has 1 aromatic carbocycles. The average Bonchev–Trinajstić information content (AvgIpc) is 3.10. The Bertz CT molecular complexity index is 750. The third-order valence-corrected chi connectivity index (χ3v) is 3.52. The Hall–Kier alpha value is -2.71. The van der Waals surface area contributed by atoms with E-state index in [0.29, 0.717) is 11.1 Å². The molecule has 0 N–H and O–H groups in total. The van der Waals surface area contributed by atoms with Crippen molar-refractivity contribution in [1.29, 1.82) is 5.26 Å². The van der Waals surface area contributed by atoms with E-state index < -0.39 is 5.97 Å². The minimum Gasteiger partial charge on any atom is -0.402 e. The Labute approximate surface area is 119 Å². The number of aliphatic imine (C=N–C) groups is 1. The van der Waals surface area contributed by atoms with Gasteiger partial charge in [-0.1, -0.05) is 6.07 Å². The van der Waals surface area contributed by atoms with Crippen LogP contribution in [0.25, 0.3) is 6.08 Å². The van der Waals surface area contributed by atoms with Crippen LogP contribution in [0.4, 0.5) is 0 Å². The van der Waals surface area contributed by atoms with Crippen molar-refractivity contribution in [3.05, 3.63) is 63.5 Å². The van der Waals surface area contributed by atoms with Crippen LogP contribution in [0, 0.1) is 11.3 Å². The van der Waals surface area contributed by atoms with Crippen LogP contribution < -0.4 is 0 Å². The van der Waals surface area contributed by atoms with E-state index in [4.69, 9.17) is 10.00 Å². The fourth-order valence-electron chi connectivity index (χ4n) is 1.73. The largest absolute Gasteiger partial charge is 0.402 e. The number of cyclic esters (lactones) is 1. The molecule has 1 aliphatic rings. The topological polar surface area (TPSA) is 62.5 Å².